The number of benzene rings is 1. The van der Waals surface area contributed by atoms with Gasteiger partial charge in [-0.3, -0.25) is 0 Å². The fourth-order valence-corrected chi connectivity index (χ4v) is 2.49. The monoisotopic (exact) mass is 325 g/mol. The highest BCUT2D eigenvalue weighted by Crippen LogP contribution is 2.21. The van der Waals surface area contributed by atoms with Crippen LogP contribution in [0.3, 0.4) is 0 Å². The molecule has 1 heterocycles. The maximum atomic E-state index is 5.68. The van der Waals surface area contributed by atoms with Gasteiger partial charge in [-0.25, -0.2) is 0 Å². The minimum Gasteiger partial charge on any atom is -0.492 e. The fourth-order valence-electron chi connectivity index (χ4n) is 1.57. The van der Waals surface area contributed by atoms with Gasteiger partial charge in [-0.2, -0.15) is 0 Å². The lowest BCUT2D eigenvalue weighted by Gasteiger charge is -2.08. The Kier molecular flexibility index (Phi) is 5.23. The van der Waals surface area contributed by atoms with Crippen molar-refractivity contribution in [2.75, 3.05) is 13.2 Å². The van der Waals surface area contributed by atoms with Crippen LogP contribution in [0.2, 0.25) is 0 Å². The molecule has 2 rings (SSSR count). The number of rotatable bonds is 6. The van der Waals surface area contributed by atoms with Gasteiger partial charge in [0.2, 0.25) is 0 Å². The van der Waals surface area contributed by atoms with Crippen molar-refractivity contribution in [3.05, 3.63) is 50.6 Å². The lowest BCUT2D eigenvalue weighted by Crippen LogP contribution is -2.20. The minimum absolute atomic E-state index is 0.687. The van der Waals surface area contributed by atoms with Crippen molar-refractivity contribution in [2.45, 2.75) is 13.5 Å². The minimum atomic E-state index is 0.687. The predicted molar refractivity (Wildman–Crippen MR) is 80.4 cm³/mol. The molecule has 0 aliphatic heterocycles. The summed E-state index contributed by atoms with van der Waals surface area (Å²) in [6, 6.07) is 10.3. The molecule has 1 aromatic heterocycles. The van der Waals surface area contributed by atoms with Crippen LogP contribution in [0, 0.1) is 6.92 Å². The molecule has 2 nitrogen and oxygen atoms in total. The lowest BCUT2D eigenvalue weighted by atomic mass is 10.2. The van der Waals surface area contributed by atoms with Gasteiger partial charge in [0.15, 0.2) is 0 Å². The molecule has 18 heavy (non-hydrogen) atoms. The topological polar surface area (TPSA) is 21.3 Å². The second-order valence-electron chi connectivity index (χ2n) is 4.02. The summed E-state index contributed by atoms with van der Waals surface area (Å²) in [4.78, 5) is 1.36. The highest BCUT2D eigenvalue weighted by molar-refractivity contribution is 9.10. The Morgan fingerprint density at radius 1 is 1.33 bits per heavy atom. The number of aryl methyl sites for hydroxylation is 1. The molecule has 1 aromatic carbocycles. The van der Waals surface area contributed by atoms with Crippen molar-refractivity contribution < 1.29 is 4.74 Å². The van der Waals surface area contributed by atoms with Crippen LogP contribution in [0.1, 0.15) is 10.4 Å². The lowest BCUT2D eigenvalue weighted by molar-refractivity contribution is 0.313. The Morgan fingerprint density at radius 2 is 2.22 bits per heavy atom. The zero-order valence-corrected chi connectivity index (χ0v) is 12.7. The molecular weight excluding hydrogens is 310 g/mol. The molecule has 0 saturated heterocycles. The van der Waals surface area contributed by atoms with Crippen LogP contribution in [0.5, 0.6) is 5.75 Å². The zero-order chi connectivity index (χ0) is 12.8. The van der Waals surface area contributed by atoms with Crippen molar-refractivity contribution in [2.24, 2.45) is 0 Å². The van der Waals surface area contributed by atoms with Gasteiger partial charge in [-0.05, 0) is 42.1 Å². The molecule has 0 saturated carbocycles. The number of ether oxygens (including phenoxy) is 1. The largest absolute Gasteiger partial charge is 0.492 e. The number of halogens is 1. The quantitative estimate of drug-likeness (QED) is 0.811. The van der Waals surface area contributed by atoms with Crippen LogP contribution in [0.25, 0.3) is 0 Å². The van der Waals surface area contributed by atoms with Crippen LogP contribution in [-0.2, 0) is 6.54 Å². The molecule has 1 N–H and O–H groups in total. The first-order chi connectivity index (χ1) is 8.75. The van der Waals surface area contributed by atoms with E-state index in [-0.39, 0.29) is 0 Å². The average Bonchev–Trinajstić information content (AvgIpc) is 2.86. The van der Waals surface area contributed by atoms with Crippen LogP contribution in [0.15, 0.2) is 40.2 Å². The summed E-state index contributed by atoms with van der Waals surface area (Å²) in [7, 11) is 0. The van der Waals surface area contributed by atoms with E-state index < -0.39 is 0 Å². The van der Waals surface area contributed by atoms with E-state index in [9.17, 15) is 0 Å². The molecule has 0 atom stereocenters. The van der Waals surface area contributed by atoms with Crippen LogP contribution in [-0.4, -0.2) is 13.2 Å². The highest BCUT2D eigenvalue weighted by Gasteiger charge is 1.98. The van der Waals surface area contributed by atoms with Gasteiger partial charge < -0.3 is 10.1 Å². The van der Waals surface area contributed by atoms with E-state index in [1.165, 1.54) is 10.4 Å². The van der Waals surface area contributed by atoms with Gasteiger partial charge in [-0.15, -0.1) is 11.3 Å². The number of hydrogen-bond donors (Lipinski definition) is 1. The maximum Gasteiger partial charge on any atom is 0.119 e. The first kappa shape index (κ1) is 13.6. The average molecular weight is 326 g/mol. The summed E-state index contributed by atoms with van der Waals surface area (Å²) in [5.41, 5.74) is 1.19. The van der Waals surface area contributed by atoms with Crippen LogP contribution >= 0.6 is 27.3 Å². The molecule has 96 valence electrons. The number of nitrogens with one attached hydrogen (secondary N) is 1. The number of hydrogen-bond acceptors (Lipinski definition) is 3. The van der Waals surface area contributed by atoms with Crippen LogP contribution in [0.4, 0.5) is 0 Å². The van der Waals surface area contributed by atoms with Crippen molar-refractivity contribution in [3.8, 4) is 5.75 Å². The molecule has 4 heteroatoms. The SMILES string of the molecule is Cc1cc(OCCNCc2cccs2)ccc1Br. The van der Waals surface area contributed by atoms with E-state index in [4.69, 9.17) is 4.74 Å². The van der Waals surface area contributed by atoms with E-state index in [0.717, 1.165) is 23.3 Å². The molecule has 2 aromatic rings. The van der Waals surface area contributed by atoms with E-state index in [1.807, 2.05) is 18.2 Å². The molecule has 0 aliphatic carbocycles. The molecular formula is C14H16BrNOS. The summed E-state index contributed by atoms with van der Waals surface area (Å²) in [6.07, 6.45) is 0. The Labute approximate surface area is 120 Å². The molecule has 0 amide bonds. The summed E-state index contributed by atoms with van der Waals surface area (Å²) in [5.74, 6) is 0.925. The van der Waals surface area contributed by atoms with E-state index >= 15 is 0 Å². The second kappa shape index (κ2) is 6.92. The fraction of sp³-hybridized carbons (Fsp3) is 0.286. The second-order valence-corrected chi connectivity index (χ2v) is 5.90. The molecule has 0 radical (unpaired) electrons. The van der Waals surface area contributed by atoms with Crippen molar-refractivity contribution >= 4 is 27.3 Å². The summed E-state index contributed by atoms with van der Waals surface area (Å²) < 4.78 is 6.80. The number of thiophene rings is 1. The zero-order valence-electron chi connectivity index (χ0n) is 10.3. The molecule has 0 aliphatic rings. The van der Waals surface area contributed by atoms with E-state index in [2.05, 4.69) is 45.7 Å². The van der Waals surface area contributed by atoms with Crippen LogP contribution < -0.4 is 10.1 Å². The third-order valence-electron chi connectivity index (χ3n) is 2.56. The standard InChI is InChI=1S/C14H16BrNOS/c1-11-9-12(4-5-14(11)15)17-7-6-16-10-13-3-2-8-18-13/h2-5,8-9,16H,6-7,10H2,1H3. The third-order valence-corrected chi connectivity index (χ3v) is 4.32. The Morgan fingerprint density at radius 3 is 2.94 bits per heavy atom. The molecule has 0 spiro atoms. The van der Waals surface area contributed by atoms with E-state index in [0.29, 0.717) is 6.61 Å². The Balaban J connectivity index is 1.67. The summed E-state index contributed by atoms with van der Waals surface area (Å²) in [5, 5.41) is 5.46. The normalized spacial score (nSPS) is 10.6. The van der Waals surface area contributed by atoms with Gasteiger partial charge in [0.05, 0.1) is 0 Å². The first-order valence-electron chi connectivity index (χ1n) is 5.88. The Hall–Kier alpha value is -0.840. The summed E-state index contributed by atoms with van der Waals surface area (Å²) in [6.45, 7) is 4.52. The predicted octanol–water partition coefficient (Wildman–Crippen LogP) is 3.99. The maximum absolute atomic E-state index is 5.68. The highest BCUT2D eigenvalue weighted by atomic mass is 79.9. The smallest absolute Gasteiger partial charge is 0.119 e. The van der Waals surface area contributed by atoms with Crippen molar-refractivity contribution in [1.82, 2.24) is 5.32 Å². The first-order valence-corrected chi connectivity index (χ1v) is 7.55. The summed E-state index contributed by atoms with van der Waals surface area (Å²) >= 11 is 5.25. The molecule has 0 fully saturated rings. The Bertz CT molecular complexity index is 485. The third kappa shape index (κ3) is 4.12. The van der Waals surface area contributed by atoms with Gasteiger partial charge in [0.1, 0.15) is 12.4 Å². The van der Waals surface area contributed by atoms with Gasteiger partial charge >= 0.3 is 0 Å². The van der Waals surface area contributed by atoms with E-state index in [1.54, 1.807) is 11.3 Å². The van der Waals surface area contributed by atoms with Gasteiger partial charge in [0.25, 0.3) is 0 Å². The van der Waals surface area contributed by atoms with Gasteiger partial charge in [-0.1, -0.05) is 22.0 Å². The molecule has 0 unspecified atom stereocenters. The van der Waals surface area contributed by atoms with Crippen molar-refractivity contribution in [3.63, 3.8) is 0 Å². The van der Waals surface area contributed by atoms with Gasteiger partial charge in [0, 0.05) is 22.4 Å². The van der Waals surface area contributed by atoms with Crippen molar-refractivity contribution in [1.29, 1.82) is 0 Å². The molecule has 0 bridgehead atoms.